The third-order valence-electron chi connectivity index (χ3n) is 2.05. The molecule has 0 bridgehead atoms. The highest BCUT2D eigenvalue weighted by Gasteiger charge is 2.49. The highest BCUT2D eigenvalue weighted by atomic mass is 19.1. The number of hydrogen-bond donors (Lipinski definition) is 1. The van der Waals surface area contributed by atoms with Gasteiger partial charge in [-0.2, -0.15) is 0 Å². The van der Waals surface area contributed by atoms with Crippen LogP contribution in [-0.2, 0) is 38.1 Å². The molecule has 11 heteroatoms. The number of esters is 4. The summed E-state index contributed by atoms with van der Waals surface area (Å²) in [7, 11) is 3.76. The summed E-state index contributed by atoms with van der Waals surface area (Å²) >= 11 is 0. The summed E-state index contributed by atoms with van der Waals surface area (Å²) in [5, 5.41) is 8.41. The van der Waals surface area contributed by atoms with Crippen LogP contribution in [-0.4, -0.2) is 75.9 Å². The molecule has 0 aliphatic carbocycles. The van der Waals surface area contributed by atoms with Crippen LogP contribution in [0.3, 0.4) is 0 Å². The van der Waals surface area contributed by atoms with Crippen LogP contribution < -0.4 is 0 Å². The maximum absolute atomic E-state index is 13.1. The number of ether oxygens (including phenoxy) is 4. The van der Waals surface area contributed by atoms with E-state index in [9.17, 15) is 28.0 Å². The molecule has 0 saturated heterocycles. The Morgan fingerprint density at radius 2 is 1.23 bits per heavy atom. The fourth-order valence-electron chi connectivity index (χ4n) is 0.839. The molecule has 0 rings (SSSR count). The molecule has 0 radical (unpaired) electrons. The lowest BCUT2D eigenvalue weighted by molar-refractivity contribution is -0.174. The molecule has 0 aromatic rings. The van der Waals surface area contributed by atoms with Crippen molar-refractivity contribution >= 4 is 23.9 Å². The van der Waals surface area contributed by atoms with E-state index in [1.54, 1.807) is 0 Å². The van der Waals surface area contributed by atoms with Gasteiger partial charge in [-0.1, -0.05) is 0 Å². The number of methoxy groups -OCH3 is 4. The summed E-state index contributed by atoms with van der Waals surface area (Å²) in [6, 6.07) is 0. The predicted octanol–water partition coefficient (Wildman–Crippen LogP) is -1.30. The Bertz CT molecular complexity index is 378. The fourth-order valence-corrected chi connectivity index (χ4v) is 0.839. The number of aliphatic hydroxyl groups is 1. The van der Waals surface area contributed by atoms with E-state index in [0.29, 0.717) is 0 Å². The Hall–Kier alpha value is -2.30. The number of halogens is 2. The van der Waals surface area contributed by atoms with Gasteiger partial charge < -0.3 is 24.1 Å². The SMILES string of the molecule is COC(=O)C(F)(CO)C(=O)OC.COC(=O)C(F)C(=O)OC. The van der Waals surface area contributed by atoms with Crippen LogP contribution in [0.1, 0.15) is 0 Å². The normalized spacial score (nSPS) is 10.0. The van der Waals surface area contributed by atoms with E-state index >= 15 is 0 Å². The first-order chi connectivity index (χ1) is 10.2. The predicted molar refractivity (Wildman–Crippen MR) is 63.9 cm³/mol. The molecule has 0 unspecified atom stereocenters. The van der Waals surface area contributed by atoms with Crippen LogP contribution in [0.4, 0.5) is 8.78 Å². The average Bonchev–Trinajstić information content (AvgIpc) is 2.57. The van der Waals surface area contributed by atoms with Crippen LogP contribution >= 0.6 is 0 Å². The highest BCUT2D eigenvalue weighted by molar-refractivity contribution is 6.03. The fraction of sp³-hybridized carbons (Fsp3) is 0.636. The zero-order valence-electron chi connectivity index (χ0n) is 12.3. The summed E-state index contributed by atoms with van der Waals surface area (Å²) in [5.74, 6) is -5.44. The van der Waals surface area contributed by atoms with Gasteiger partial charge in [0.2, 0.25) is 0 Å². The average molecular weight is 330 g/mol. The topological polar surface area (TPSA) is 125 Å². The number of alkyl halides is 2. The number of carbonyl (C=O) groups is 4. The van der Waals surface area contributed by atoms with Crippen molar-refractivity contribution in [2.75, 3.05) is 35.0 Å². The molecule has 0 aliphatic heterocycles. The first-order valence-electron chi connectivity index (χ1n) is 5.42. The van der Waals surface area contributed by atoms with Crippen LogP contribution in [0.5, 0.6) is 0 Å². The van der Waals surface area contributed by atoms with E-state index in [1.165, 1.54) is 0 Å². The van der Waals surface area contributed by atoms with Gasteiger partial charge in [0.1, 0.15) is 0 Å². The summed E-state index contributed by atoms with van der Waals surface area (Å²) in [6.45, 7) is -1.30. The van der Waals surface area contributed by atoms with Gasteiger partial charge in [0.15, 0.2) is 0 Å². The molecule has 0 saturated carbocycles. The summed E-state index contributed by atoms with van der Waals surface area (Å²) < 4.78 is 41.1. The third kappa shape index (κ3) is 5.99. The minimum atomic E-state index is -3.11. The van der Waals surface area contributed by atoms with E-state index in [4.69, 9.17) is 5.11 Å². The molecule has 0 amide bonds. The Balaban J connectivity index is 0. The van der Waals surface area contributed by atoms with E-state index in [0.717, 1.165) is 28.4 Å². The van der Waals surface area contributed by atoms with Crippen molar-refractivity contribution in [1.82, 2.24) is 0 Å². The Kier molecular flexibility index (Phi) is 10.4. The molecule has 0 spiro atoms. The van der Waals surface area contributed by atoms with Gasteiger partial charge in [0.25, 0.3) is 6.17 Å². The van der Waals surface area contributed by atoms with Crippen molar-refractivity contribution in [2.24, 2.45) is 0 Å². The molecule has 0 aliphatic rings. The van der Waals surface area contributed by atoms with Crippen molar-refractivity contribution < 1.29 is 52.0 Å². The van der Waals surface area contributed by atoms with E-state index in [-0.39, 0.29) is 0 Å². The maximum Gasteiger partial charge on any atom is 0.358 e. The van der Waals surface area contributed by atoms with Gasteiger partial charge in [-0.3, -0.25) is 0 Å². The lowest BCUT2D eigenvalue weighted by atomic mass is 10.1. The molecule has 0 aromatic heterocycles. The second-order valence-corrected chi connectivity index (χ2v) is 3.35. The molecule has 0 fully saturated rings. The molecule has 0 atom stereocenters. The van der Waals surface area contributed by atoms with Gasteiger partial charge in [-0.05, 0) is 0 Å². The Labute approximate surface area is 124 Å². The molecular weight excluding hydrogens is 314 g/mol. The standard InChI is InChI=1S/C6H9FO5.C5H7FO4/c1-11-4(9)6(7,3-8)5(10)12-2;1-9-4(7)3(6)5(8)10-2/h8H,3H2,1-2H3;3H,1-2H3. The molecule has 0 aromatic carbocycles. The van der Waals surface area contributed by atoms with Gasteiger partial charge >= 0.3 is 29.5 Å². The van der Waals surface area contributed by atoms with E-state index in [2.05, 4.69) is 18.9 Å². The van der Waals surface area contributed by atoms with E-state index < -0.39 is 42.3 Å². The van der Waals surface area contributed by atoms with Gasteiger partial charge in [0, 0.05) is 0 Å². The van der Waals surface area contributed by atoms with Crippen molar-refractivity contribution in [1.29, 1.82) is 0 Å². The van der Waals surface area contributed by atoms with E-state index in [1.807, 2.05) is 0 Å². The minimum Gasteiger partial charge on any atom is -0.466 e. The van der Waals surface area contributed by atoms with Crippen molar-refractivity contribution in [3.8, 4) is 0 Å². The van der Waals surface area contributed by atoms with Crippen molar-refractivity contribution in [3.63, 3.8) is 0 Å². The molecule has 22 heavy (non-hydrogen) atoms. The smallest absolute Gasteiger partial charge is 0.358 e. The second-order valence-electron chi connectivity index (χ2n) is 3.35. The zero-order chi connectivity index (χ0) is 17.9. The van der Waals surface area contributed by atoms with Crippen LogP contribution in [0.15, 0.2) is 0 Å². The first-order valence-corrected chi connectivity index (χ1v) is 5.42. The second kappa shape index (κ2) is 10.4. The largest absolute Gasteiger partial charge is 0.466 e. The van der Waals surface area contributed by atoms with Gasteiger partial charge in [-0.25, -0.2) is 28.0 Å². The minimum absolute atomic E-state index is 0.898. The van der Waals surface area contributed by atoms with Crippen molar-refractivity contribution in [2.45, 2.75) is 11.8 Å². The molecule has 128 valence electrons. The summed E-state index contributed by atoms with van der Waals surface area (Å²) in [6.07, 6.45) is -2.32. The number of rotatable bonds is 5. The highest BCUT2D eigenvalue weighted by Crippen LogP contribution is 2.14. The monoisotopic (exact) mass is 330 g/mol. The zero-order valence-corrected chi connectivity index (χ0v) is 12.3. The molecular formula is C11H16F2O9. The van der Waals surface area contributed by atoms with Crippen LogP contribution in [0.25, 0.3) is 0 Å². The maximum atomic E-state index is 13.1. The Morgan fingerprint density at radius 1 is 0.909 bits per heavy atom. The Morgan fingerprint density at radius 3 is 1.41 bits per heavy atom. The van der Waals surface area contributed by atoms with Gasteiger partial charge in [0.05, 0.1) is 35.0 Å². The quantitative estimate of drug-likeness (QED) is 0.372. The lowest BCUT2D eigenvalue weighted by Gasteiger charge is -2.16. The summed E-state index contributed by atoms with van der Waals surface area (Å²) in [5.41, 5.74) is -3.11. The lowest BCUT2D eigenvalue weighted by Crippen LogP contribution is -2.47. The summed E-state index contributed by atoms with van der Waals surface area (Å²) in [4.78, 5) is 41.6. The van der Waals surface area contributed by atoms with Gasteiger partial charge in [-0.15, -0.1) is 0 Å². The number of hydrogen-bond acceptors (Lipinski definition) is 9. The first kappa shape index (κ1) is 22.0. The van der Waals surface area contributed by atoms with Crippen LogP contribution in [0, 0.1) is 0 Å². The molecule has 1 N–H and O–H groups in total. The molecule has 9 nitrogen and oxygen atoms in total. The van der Waals surface area contributed by atoms with Crippen LogP contribution in [0.2, 0.25) is 0 Å². The van der Waals surface area contributed by atoms with Crippen molar-refractivity contribution in [3.05, 3.63) is 0 Å². The number of aliphatic hydroxyl groups excluding tert-OH is 1. The molecule has 0 heterocycles. The third-order valence-corrected chi connectivity index (χ3v) is 2.05. The number of carbonyl (C=O) groups excluding carboxylic acids is 4.